The van der Waals surface area contributed by atoms with Gasteiger partial charge in [0.15, 0.2) is 0 Å². The highest BCUT2D eigenvalue weighted by Gasteiger charge is 2.11. The van der Waals surface area contributed by atoms with Gasteiger partial charge in [0, 0.05) is 26.8 Å². The summed E-state index contributed by atoms with van der Waals surface area (Å²) in [5.74, 6) is 0.774. The van der Waals surface area contributed by atoms with Crippen molar-refractivity contribution in [3.63, 3.8) is 0 Å². The fourth-order valence-corrected chi connectivity index (χ4v) is 3.37. The predicted molar refractivity (Wildman–Crippen MR) is 91.9 cm³/mol. The van der Waals surface area contributed by atoms with Crippen molar-refractivity contribution in [3.8, 4) is 0 Å². The Morgan fingerprint density at radius 2 is 2.14 bits per heavy atom. The van der Waals surface area contributed by atoms with Crippen LogP contribution in [0.1, 0.15) is 16.5 Å². The first-order chi connectivity index (χ1) is 10.1. The number of thiophene rings is 1. The van der Waals surface area contributed by atoms with Crippen molar-refractivity contribution in [2.75, 3.05) is 11.9 Å². The summed E-state index contributed by atoms with van der Waals surface area (Å²) in [5, 5.41) is 14.7. The number of aryl methyl sites for hydroxylation is 1. The van der Waals surface area contributed by atoms with Gasteiger partial charge in [-0.3, -0.25) is 0 Å². The third-order valence-corrected chi connectivity index (χ3v) is 5.34. The van der Waals surface area contributed by atoms with Crippen molar-refractivity contribution in [1.82, 2.24) is 4.98 Å². The van der Waals surface area contributed by atoms with Crippen LogP contribution in [0.25, 0.3) is 10.1 Å². The highest BCUT2D eigenvalue weighted by Crippen LogP contribution is 2.30. The van der Waals surface area contributed by atoms with E-state index in [0.29, 0.717) is 6.54 Å². The zero-order chi connectivity index (χ0) is 14.8. The van der Waals surface area contributed by atoms with E-state index in [-0.39, 0.29) is 0 Å². The summed E-state index contributed by atoms with van der Waals surface area (Å²) in [6.07, 6.45) is 1.23. The number of benzene rings is 1. The molecule has 5 heteroatoms. The van der Waals surface area contributed by atoms with Crippen LogP contribution in [0.4, 0.5) is 5.82 Å². The molecule has 0 bridgehead atoms. The molecule has 0 radical (unpaired) electrons. The van der Waals surface area contributed by atoms with Gasteiger partial charge in [-0.25, -0.2) is 4.98 Å². The third kappa shape index (κ3) is 3.26. The van der Waals surface area contributed by atoms with Gasteiger partial charge in [0.1, 0.15) is 11.9 Å². The molecule has 1 atom stereocenters. The van der Waals surface area contributed by atoms with E-state index in [2.05, 4.69) is 38.4 Å². The SMILES string of the molecule is Cc1cc(NCC(O)c2cc3ccccc3s2)ncc1Br. The number of halogens is 1. The summed E-state index contributed by atoms with van der Waals surface area (Å²) in [7, 11) is 0. The number of nitrogens with one attached hydrogen (secondary N) is 1. The van der Waals surface area contributed by atoms with E-state index < -0.39 is 6.10 Å². The number of hydrogen-bond donors (Lipinski definition) is 2. The minimum atomic E-state index is -0.534. The van der Waals surface area contributed by atoms with Gasteiger partial charge in [-0.1, -0.05) is 18.2 Å². The summed E-state index contributed by atoms with van der Waals surface area (Å²) in [4.78, 5) is 5.25. The lowest BCUT2D eigenvalue weighted by Crippen LogP contribution is -2.12. The normalized spacial score (nSPS) is 12.5. The Morgan fingerprint density at radius 3 is 2.90 bits per heavy atom. The first-order valence-corrected chi connectivity index (χ1v) is 8.27. The van der Waals surface area contributed by atoms with Crippen LogP contribution < -0.4 is 5.32 Å². The summed E-state index contributed by atoms with van der Waals surface area (Å²) < 4.78 is 2.18. The molecule has 0 aliphatic rings. The second-order valence-electron chi connectivity index (χ2n) is 4.90. The fourth-order valence-electron chi connectivity index (χ4n) is 2.10. The number of aliphatic hydroxyl groups is 1. The molecule has 0 saturated heterocycles. The minimum Gasteiger partial charge on any atom is -0.386 e. The van der Waals surface area contributed by atoms with E-state index in [1.54, 1.807) is 17.5 Å². The van der Waals surface area contributed by atoms with Gasteiger partial charge in [-0.2, -0.15) is 0 Å². The molecule has 2 N–H and O–H groups in total. The first kappa shape index (κ1) is 14.5. The van der Waals surface area contributed by atoms with E-state index in [9.17, 15) is 5.11 Å². The summed E-state index contributed by atoms with van der Waals surface area (Å²) in [6.45, 7) is 2.46. The Hall–Kier alpha value is -1.43. The number of nitrogens with zero attached hydrogens (tertiary/aromatic N) is 1. The highest BCUT2D eigenvalue weighted by atomic mass is 79.9. The fraction of sp³-hybridized carbons (Fsp3) is 0.188. The van der Waals surface area contributed by atoms with Crippen molar-refractivity contribution < 1.29 is 5.11 Å². The average molecular weight is 363 g/mol. The van der Waals surface area contributed by atoms with E-state index in [1.165, 1.54) is 10.1 Å². The molecule has 21 heavy (non-hydrogen) atoms. The van der Waals surface area contributed by atoms with Crippen LogP contribution in [0.2, 0.25) is 0 Å². The van der Waals surface area contributed by atoms with Crippen LogP contribution in [0.15, 0.2) is 47.1 Å². The van der Waals surface area contributed by atoms with Crippen molar-refractivity contribution in [1.29, 1.82) is 0 Å². The van der Waals surface area contributed by atoms with Gasteiger partial charge in [0.2, 0.25) is 0 Å². The number of aliphatic hydroxyl groups excluding tert-OH is 1. The molecular formula is C16H15BrN2OS. The van der Waals surface area contributed by atoms with Crippen LogP contribution in [0.3, 0.4) is 0 Å². The third-order valence-electron chi connectivity index (χ3n) is 3.30. The Balaban J connectivity index is 1.70. The molecule has 0 aliphatic heterocycles. The minimum absolute atomic E-state index is 0.445. The van der Waals surface area contributed by atoms with E-state index >= 15 is 0 Å². The number of pyridine rings is 1. The molecule has 3 nitrogen and oxygen atoms in total. The molecule has 108 valence electrons. The zero-order valence-corrected chi connectivity index (χ0v) is 13.9. The summed E-state index contributed by atoms with van der Waals surface area (Å²) in [6, 6.07) is 12.2. The van der Waals surface area contributed by atoms with Crippen LogP contribution >= 0.6 is 27.3 Å². The van der Waals surface area contributed by atoms with Crippen LogP contribution in [-0.2, 0) is 0 Å². The van der Waals surface area contributed by atoms with Gasteiger partial charge < -0.3 is 10.4 Å². The van der Waals surface area contributed by atoms with Gasteiger partial charge in [0.05, 0.1) is 0 Å². The van der Waals surface area contributed by atoms with Gasteiger partial charge >= 0.3 is 0 Å². The molecule has 0 saturated carbocycles. The standard InChI is InChI=1S/C16H15BrN2OS/c1-10-6-16(18-8-12(10)17)19-9-13(20)15-7-11-4-2-3-5-14(11)21-15/h2-8,13,20H,9H2,1H3,(H,18,19). The van der Waals surface area contributed by atoms with Gasteiger partial charge in [-0.05, 0) is 52.0 Å². The Bertz CT molecular complexity index is 739. The molecule has 0 amide bonds. The largest absolute Gasteiger partial charge is 0.386 e. The van der Waals surface area contributed by atoms with Crippen molar-refractivity contribution in [2.24, 2.45) is 0 Å². The van der Waals surface area contributed by atoms with Crippen molar-refractivity contribution in [2.45, 2.75) is 13.0 Å². The lowest BCUT2D eigenvalue weighted by molar-refractivity contribution is 0.195. The average Bonchev–Trinajstić information content (AvgIpc) is 2.92. The number of hydrogen-bond acceptors (Lipinski definition) is 4. The topological polar surface area (TPSA) is 45.1 Å². The smallest absolute Gasteiger partial charge is 0.126 e. The summed E-state index contributed by atoms with van der Waals surface area (Å²) >= 11 is 5.06. The molecule has 0 fully saturated rings. The molecule has 0 aliphatic carbocycles. The quantitative estimate of drug-likeness (QED) is 0.717. The van der Waals surface area contributed by atoms with Gasteiger partial charge in [0.25, 0.3) is 0 Å². The monoisotopic (exact) mass is 362 g/mol. The Morgan fingerprint density at radius 1 is 1.33 bits per heavy atom. The number of rotatable bonds is 4. The maximum Gasteiger partial charge on any atom is 0.126 e. The van der Waals surface area contributed by atoms with Crippen LogP contribution in [-0.4, -0.2) is 16.6 Å². The molecule has 2 aromatic heterocycles. The second-order valence-corrected chi connectivity index (χ2v) is 6.87. The van der Waals surface area contributed by atoms with Crippen molar-refractivity contribution >= 4 is 43.2 Å². The molecular weight excluding hydrogens is 348 g/mol. The lowest BCUT2D eigenvalue weighted by atomic mass is 10.2. The second kappa shape index (κ2) is 6.13. The predicted octanol–water partition coefficient (Wildman–Crippen LogP) is 4.51. The van der Waals surface area contributed by atoms with Gasteiger partial charge in [-0.15, -0.1) is 11.3 Å². The number of aromatic nitrogens is 1. The maximum absolute atomic E-state index is 10.3. The lowest BCUT2D eigenvalue weighted by Gasteiger charge is -2.11. The van der Waals surface area contributed by atoms with E-state index in [4.69, 9.17) is 0 Å². The van der Waals surface area contributed by atoms with E-state index in [0.717, 1.165) is 20.7 Å². The zero-order valence-electron chi connectivity index (χ0n) is 11.5. The molecule has 1 unspecified atom stereocenters. The Labute approximate surface area is 135 Å². The van der Waals surface area contributed by atoms with Crippen LogP contribution in [0.5, 0.6) is 0 Å². The summed E-state index contributed by atoms with van der Waals surface area (Å²) in [5.41, 5.74) is 1.11. The first-order valence-electron chi connectivity index (χ1n) is 6.66. The molecule has 0 spiro atoms. The molecule has 3 rings (SSSR count). The highest BCUT2D eigenvalue weighted by molar-refractivity contribution is 9.10. The molecule has 2 heterocycles. The maximum atomic E-state index is 10.3. The Kier molecular flexibility index (Phi) is 4.24. The molecule has 1 aromatic carbocycles. The van der Waals surface area contributed by atoms with E-state index in [1.807, 2.05) is 31.2 Å². The molecule has 3 aromatic rings. The van der Waals surface area contributed by atoms with Crippen LogP contribution in [0, 0.1) is 6.92 Å². The van der Waals surface area contributed by atoms with Crippen molar-refractivity contribution in [3.05, 3.63) is 57.5 Å². The number of fused-ring (bicyclic) bond motifs is 1. The number of anilines is 1.